The molecule has 0 saturated heterocycles. The molecule has 0 heterocycles. The van der Waals surface area contributed by atoms with Crippen LogP contribution in [0.2, 0.25) is 0 Å². The Labute approximate surface area is 91.8 Å². The average Bonchev–Trinajstić information content (AvgIpc) is 2.16. The van der Waals surface area contributed by atoms with E-state index in [1.54, 1.807) is 11.9 Å². The predicted octanol–water partition coefficient (Wildman–Crippen LogP) is 1.95. The zero-order valence-corrected chi connectivity index (χ0v) is 10.7. The standard InChI is InChI=1S/C9H20N2S2/c1-5-10(6-2)9(12)13-11(7-3)8-4/h5-8H2,1-4H3/q+1. The highest BCUT2D eigenvalue weighted by atomic mass is 32.2. The van der Waals surface area contributed by atoms with Gasteiger partial charge in [0.15, 0.2) is 0 Å². The van der Waals surface area contributed by atoms with Gasteiger partial charge in [0.2, 0.25) is 0 Å². The summed E-state index contributed by atoms with van der Waals surface area (Å²) in [6, 6.07) is 0. The Morgan fingerprint density at radius 1 is 1.00 bits per heavy atom. The minimum atomic E-state index is 0.994. The van der Waals surface area contributed by atoms with Crippen molar-refractivity contribution in [3.05, 3.63) is 0 Å². The van der Waals surface area contributed by atoms with E-state index < -0.39 is 0 Å². The molecule has 0 fully saturated rings. The molecule has 1 radical (unpaired) electrons. The van der Waals surface area contributed by atoms with Crippen LogP contribution >= 0.6 is 11.9 Å². The molecule has 77 valence electrons. The first-order chi connectivity index (χ1) is 6.19. The summed E-state index contributed by atoms with van der Waals surface area (Å²) in [6.45, 7) is 12.7. The van der Waals surface area contributed by atoms with Crippen LogP contribution in [0, 0.1) is 0 Å². The van der Waals surface area contributed by atoms with Gasteiger partial charge in [0, 0.05) is 38.1 Å². The van der Waals surface area contributed by atoms with Gasteiger partial charge in [-0.25, -0.2) is 4.31 Å². The third kappa shape index (κ3) is 4.84. The van der Waals surface area contributed by atoms with Crippen molar-refractivity contribution in [2.45, 2.75) is 27.7 Å². The molecule has 0 bridgehead atoms. The molecule has 0 aromatic rings. The van der Waals surface area contributed by atoms with Crippen molar-refractivity contribution in [1.29, 1.82) is 0 Å². The van der Waals surface area contributed by atoms with Gasteiger partial charge >= 0.3 is 16.5 Å². The molecule has 0 aliphatic heterocycles. The Bertz CT molecular complexity index is 143. The van der Waals surface area contributed by atoms with E-state index in [1.165, 1.54) is 0 Å². The summed E-state index contributed by atoms with van der Waals surface area (Å²) >= 11 is 7.02. The van der Waals surface area contributed by atoms with E-state index in [2.05, 4.69) is 36.9 Å². The fraction of sp³-hybridized carbons (Fsp3) is 0.889. The van der Waals surface area contributed by atoms with Crippen LogP contribution in [0.3, 0.4) is 0 Å². The fourth-order valence-electron chi connectivity index (χ4n) is 1.00. The predicted molar refractivity (Wildman–Crippen MR) is 65.8 cm³/mol. The van der Waals surface area contributed by atoms with Crippen LogP contribution in [0.4, 0.5) is 0 Å². The highest BCUT2D eigenvalue weighted by Crippen LogP contribution is 2.12. The van der Waals surface area contributed by atoms with Gasteiger partial charge in [-0.15, -0.1) is 0 Å². The zero-order chi connectivity index (χ0) is 10.3. The Balaban J connectivity index is 3.95. The summed E-state index contributed by atoms with van der Waals surface area (Å²) in [5.41, 5.74) is 0. The molecule has 0 aromatic heterocycles. The van der Waals surface area contributed by atoms with Crippen molar-refractivity contribution in [3.63, 3.8) is 0 Å². The van der Waals surface area contributed by atoms with Gasteiger partial charge in [-0.05, 0) is 13.8 Å². The summed E-state index contributed by atoms with van der Waals surface area (Å²) in [5, 5.41) is 0. The van der Waals surface area contributed by atoms with Crippen molar-refractivity contribution < 1.29 is 0 Å². The summed E-state index contributed by atoms with van der Waals surface area (Å²) in [5.74, 6) is 0. The van der Waals surface area contributed by atoms with Crippen LogP contribution in [-0.4, -0.2) is 39.7 Å². The Morgan fingerprint density at radius 2 is 1.46 bits per heavy atom. The summed E-state index contributed by atoms with van der Waals surface area (Å²) < 4.78 is 3.26. The van der Waals surface area contributed by atoms with Crippen LogP contribution in [0.15, 0.2) is 0 Å². The second-order valence-corrected chi connectivity index (χ2v) is 4.37. The molecule has 0 aliphatic rings. The van der Waals surface area contributed by atoms with Crippen LogP contribution < -0.4 is 0 Å². The Morgan fingerprint density at radius 3 is 1.77 bits per heavy atom. The molecule has 0 unspecified atom stereocenters. The van der Waals surface area contributed by atoms with E-state index in [-0.39, 0.29) is 0 Å². The zero-order valence-electron chi connectivity index (χ0n) is 9.04. The monoisotopic (exact) mass is 220 g/mol. The number of hydrogen-bond acceptors (Lipinski definition) is 3. The second-order valence-electron chi connectivity index (χ2n) is 2.64. The number of rotatable bonds is 5. The topological polar surface area (TPSA) is 6.48 Å². The third-order valence-electron chi connectivity index (χ3n) is 1.93. The van der Waals surface area contributed by atoms with Gasteiger partial charge in [0.05, 0.1) is 0 Å². The summed E-state index contributed by atoms with van der Waals surface area (Å²) in [7, 11) is 0. The lowest BCUT2D eigenvalue weighted by Crippen LogP contribution is -2.31. The van der Waals surface area contributed by atoms with E-state index in [4.69, 9.17) is 12.2 Å². The number of hydrogen-bond donors (Lipinski definition) is 0. The van der Waals surface area contributed by atoms with Gasteiger partial charge in [-0.3, -0.25) is 0 Å². The fourth-order valence-corrected chi connectivity index (χ4v) is 2.43. The molecular weight excluding hydrogens is 200 g/mol. The first-order valence-electron chi connectivity index (χ1n) is 4.91. The Kier molecular flexibility index (Phi) is 7.71. The van der Waals surface area contributed by atoms with Crippen LogP contribution in [-0.2, 0) is 12.2 Å². The van der Waals surface area contributed by atoms with Crippen molar-refractivity contribution in [3.8, 4) is 0 Å². The molecule has 13 heavy (non-hydrogen) atoms. The maximum atomic E-state index is 5.33. The highest BCUT2D eigenvalue weighted by Gasteiger charge is 2.20. The van der Waals surface area contributed by atoms with E-state index >= 15 is 0 Å². The molecule has 0 saturated carbocycles. The van der Waals surface area contributed by atoms with E-state index in [9.17, 15) is 0 Å². The quantitative estimate of drug-likeness (QED) is 0.397. The van der Waals surface area contributed by atoms with Crippen LogP contribution in [0.5, 0.6) is 0 Å². The molecule has 0 rings (SSSR count). The molecule has 0 amide bonds. The summed E-state index contributed by atoms with van der Waals surface area (Å²) in [6.07, 6.45) is 0. The minimum Gasteiger partial charge on any atom is -0.313 e. The second kappa shape index (κ2) is 7.59. The van der Waals surface area contributed by atoms with Crippen molar-refractivity contribution in [2.24, 2.45) is 0 Å². The molecule has 0 atom stereocenters. The molecule has 0 aliphatic carbocycles. The van der Waals surface area contributed by atoms with Crippen LogP contribution in [0.1, 0.15) is 27.7 Å². The molecule has 4 heteroatoms. The lowest BCUT2D eigenvalue weighted by Gasteiger charge is -2.19. The van der Waals surface area contributed by atoms with E-state index in [0.717, 1.165) is 30.5 Å². The van der Waals surface area contributed by atoms with Gasteiger partial charge < -0.3 is 4.90 Å². The van der Waals surface area contributed by atoms with Gasteiger partial charge in [0.1, 0.15) is 0 Å². The minimum absolute atomic E-state index is 0.994. The third-order valence-corrected chi connectivity index (χ3v) is 3.61. The number of thiocarbonyl (C=S) groups is 1. The number of nitrogens with zero attached hydrogens (tertiary/aromatic N) is 2. The van der Waals surface area contributed by atoms with Gasteiger partial charge in [-0.1, -0.05) is 13.8 Å². The van der Waals surface area contributed by atoms with E-state index in [0.29, 0.717) is 0 Å². The van der Waals surface area contributed by atoms with Crippen molar-refractivity contribution in [2.75, 3.05) is 26.2 Å². The molecule has 2 nitrogen and oxygen atoms in total. The molecule has 0 spiro atoms. The lowest BCUT2D eigenvalue weighted by atomic mass is 10.6. The first kappa shape index (κ1) is 13.2. The maximum Gasteiger partial charge on any atom is 0.565 e. The first-order valence-corrected chi connectivity index (χ1v) is 6.09. The highest BCUT2D eigenvalue weighted by molar-refractivity contribution is 8.18. The average molecular weight is 220 g/mol. The molecule has 0 aromatic carbocycles. The molecular formula is C9H20N2S2+. The van der Waals surface area contributed by atoms with Gasteiger partial charge in [0.25, 0.3) is 0 Å². The van der Waals surface area contributed by atoms with Crippen molar-refractivity contribution >= 4 is 28.5 Å². The largest absolute Gasteiger partial charge is 0.565 e. The molecule has 0 N–H and O–H groups in total. The van der Waals surface area contributed by atoms with Crippen LogP contribution in [0.25, 0.3) is 0 Å². The van der Waals surface area contributed by atoms with Crippen molar-refractivity contribution in [1.82, 2.24) is 9.21 Å². The lowest BCUT2D eigenvalue weighted by molar-refractivity contribution is 0.476. The SMILES string of the molecule is CCN(CC)SC(=[S+])N(CC)CC. The normalized spacial score (nSPS) is 10.5. The van der Waals surface area contributed by atoms with Gasteiger partial charge in [-0.2, -0.15) is 0 Å². The smallest absolute Gasteiger partial charge is 0.313 e. The van der Waals surface area contributed by atoms with E-state index in [1.807, 2.05) is 0 Å². The maximum absolute atomic E-state index is 5.33. The Hall–Kier alpha value is 0.200. The summed E-state index contributed by atoms with van der Waals surface area (Å²) in [4.78, 5) is 2.21.